The quantitative estimate of drug-likeness (QED) is 0.193. The minimum Gasteiger partial charge on any atom is -0.227 e. The van der Waals surface area contributed by atoms with Crippen LogP contribution in [0.3, 0.4) is 0 Å². The first-order valence-electron chi connectivity index (χ1n) is 12.0. The van der Waals surface area contributed by atoms with Crippen LogP contribution in [0, 0.1) is 13.8 Å². The minimum absolute atomic E-state index is 0.744. The van der Waals surface area contributed by atoms with Gasteiger partial charge in [0.2, 0.25) is 0 Å². The Morgan fingerprint density at radius 2 is 0.865 bits per heavy atom. The smallest absolute Gasteiger partial charge is 0.171 e. The molecule has 4 rings (SSSR count). The summed E-state index contributed by atoms with van der Waals surface area (Å²) in [4.78, 5) is 0. The fourth-order valence-corrected chi connectivity index (χ4v) is 6.55. The third-order valence-electron chi connectivity index (χ3n) is 6.19. The lowest BCUT2D eigenvalue weighted by atomic mass is 10.1. The summed E-state index contributed by atoms with van der Waals surface area (Å²) in [6.07, 6.45) is 7.38. The van der Waals surface area contributed by atoms with Crippen LogP contribution in [-0.4, -0.2) is 8.42 Å². The van der Waals surface area contributed by atoms with Crippen LogP contribution in [0.15, 0.2) is 118 Å². The van der Waals surface area contributed by atoms with Crippen molar-refractivity contribution in [2.24, 2.45) is 0 Å². The van der Waals surface area contributed by atoms with Crippen molar-refractivity contribution in [1.82, 2.24) is 0 Å². The van der Waals surface area contributed by atoms with Crippen molar-refractivity contribution >= 4 is 53.8 Å². The maximum absolute atomic E-state index is 14.4. The summed E-state index contributed by atoms with van der Waals surface area (Å²) in [6.45, 7) is 4.00. The highest BCUT2D eigenvalue weighted by atomic mass is 79.9. The highest BCUT2D eigenvalue weighted by Crippen LogP contribution is 2.37. The summed E-state index contributed by atoms with van der Waals surface area (Å²) in [5.74, 6) is 0. The van der Waals surface area contributed by atoms with Gasteiger partial charge in [-0.3, -0.25) is 0 Å². The molecule has 0 bridgehead atoms. The molecule has 0 aliphatic rings. The summed E-state index contributed by atoms with van der Waals surface area (Å²) in [5, 5.41) is -1.64. The topological polar surface area (TPSA) is 34.1 Å². The number of sulfone groups is 1. The van der Waals surface area contributed by atoms with Crippen LogP contribution in [0.2, 0.25) is 0 Å². The van der Waals surface area contributed by atoms with Gasteiger partial charge in [-0.2, -0.15) is 0 Å². The summed E-state index contributed by atoms with van der Waals surface area (Å²) < 4.78 is 30.8. The lowest BCUT2D eigenvalue weighted by molar-refractivity contribution is 0.584. The van der Waals surface area contributed by atoms with Gasteiger partial charge in [-0.15, -0.1) is 0 Å². The summed E-state index contributed by atoms with van der Waals surface area (Å²) >= 11 is 6.92. The van der Waals surface area contributed by atoms with Crippen molar-refractivity contribution in [3.05, 3.63) is 152 Å². The van der Waals surface area contributed by atoms with Crippen LogP contribution in [0.5, 0.6) is 0 Å². The monoisotopic (exact) mass is 634 g/mol. The Labute approximate surface area is 237 Å². The summed E-state index contributed by atoms with van der Waals surface area (Å²) in [6, 6.07) is 31.1. The van der Waals surface area contributed by atoms with E-state index in [9.17, 15) is 8.42 Å². The molecule has 0 spiro atoms. The van der Waals surface area contributed by atoms with E-state index < -0.39 is 20.3 Å². The Morgan fingerprint density at radius 1 is 0.541 bits per heavy atom. The predicted molar refractivity (Wildman–Crippen MR) is 163 cm³/mol. The molecule has 37 heavy (non-hydrogen) atoms. The van der Waals surface area contributed by atoms with Crippen molar-refractivity contribution in [2.75, 3.05) is 0 Å². The van der Waals surface area contributed by atoms with Gasteiger partial charge in [-0.25, -0.2) is 8.42 Å². The van der Waals surface area contributed by atoms with E-state index in [1.165, 1.54) is 0 Å². The number of benzene rings is 4. The Balaban J connectivity index is 1.81. The lowest BCUT2D eigenvalue weighted by Crippen LogP contribution is -2.19. The first-order chi connectivity index (χ1) is 17.7. The number of hydrogen-bond donors (Lipinski definition) is 0. The number of hydrogen-bond acceptors (Lipinski definition) is 2. The standard InChI is InChI=1S/C32H28Br2O2S/c1-23-3-13-27(14-4-23)31(21-11-25-7-17-29(33)18-8-25)37(35,36)32(28-15-5-24(2)6-16-28)22-12-26-9-19-30(34)20-10-26/h3-22,31-32H,1-2H3/b21-11+,22-12+. The molecular formula is C32H28Br2O2S. The molecule has 2 atom stereocenters. The Bertz CT molecular complexity index is 1370. The van der Waals surface area contributed by atoms with Gasteiger partial charge in [0.1, 0.15) is 10.5 Å². The van der Waals surface area contributed by atoms with E-state index in [2.05, 4.69) is 31.9 Å². The molecule has 0 radical (unpaired) electrons. The fourth-order valence-electron chi connectivity index (χ4n) is 4.04. The van der Waals surface area contributed by atoms with Crippen LogP contribution in [0.1, 0.15) is 43.9 Å². The molecule has 4 aromatic carbocycles. The van der Waals surface area contributed by atoms with Crippen LogP contribution in [0.4, 0.5) is 0 Å². The van der Waals surface area contributed by atoms with Gasteiger partial charge in [0.25, 0.3) is 0 Å². The third kappa shape index (κ3) is 7.19. The normalized spacial score (nSPS) is 13.7. The van der Waals surface area contributed by atoms with E-state index in [0.29, 0.717) is 0 Å². The van der Waals surface area contributed by atoms with Gasteiger partial charge in [-0.1, -0.05) is 140 Å². The van der Waals surface area contributed by atoms with Crippen LogP contribution >= 0.6 is 31.9 Å². The van der Waals surface area contributed by atoms with Gasteiger partial charge in [0.05, 0.1) is 0 Å². The molecular weight excluding hydrogens is 608 g/mol. The largest absolute Gasteiger partial charge is 0.227 e. The van der Waals surface area contributed by atoms with E-state index in [1.807, 2.05) is 123 Å². The van der Waals surface area contributed by atoms with Gasteiger partial charge >= 0.3 is 0 Å². The van der Waals surface area contributed by atoms with E-state index in [4.69, 9.17) is 0 Å². The van der Waals surface area contributed by atoms with Gasteiger partial charge in [-0.05, 0) is 60.4 Å². The maximum atomic E-state index is 14.4. The van der Waals surface area contributed by atoms with Gasteiger partial charge < -0.3 is 0 Å². The van der Waals surface area contributed by atoms with Crippen molar-refractivity contribution in [3.8, 4) is 0 Å². The summed E-state index contributed by atoms with van der Waals surface area (Å²) in [7, 11) is -3.74. The van der Waals surface area contributed by atoms with Crippen LogP contribution < -0.4 is 0 Å². The molecule has 0 aliphatic carbocycles. The summed E-state index contributed by atoms with van der Waals surface area (Å²) in [5.41, 5.74) is 5.53. The van der Waals surface area contributed by atoms with Crippen LogP contribution in [0.25, 0.3) is 12.2 Å². The molecule has 188 valence electrons. The van der Waals surface area contributed by atoms with E-state index in [-0.39, 0.29) is 0 Å². The third-order valence-corrected chi connectivity index (χ3v) is 9.52. The highest BCUT2D eigenvalue weighted by Gasteiger charge is 2.33. The molecule has 0 amide bonds. The second-order valence-corrected chi connectivity index (χ2v) is 13.1. The molecule has 0 heterocycles. The average molecular weight is 636 g/mol. The lowest BCUT2D eigenvalue weighted by Gasteiger charge is -2.22. The number of rotatable bonds is 8. The molecule has 0 N–H and O–H groups in total. The van der Waals surface area contributed by atoms with Gasteiger partial charge in [0, 0.05) is 8.95 Å². The van der Waals surface area contributed by atoms with E-state index in [0.717, 1.165) is 42.3 Å². The molecule has 0 aromatic heterocycles. The number of aryl methyl sites for hydroxylation is 2. The Kier molecular flexibility index (Phi) is 9.01. The minimum atomic E-state index is -3.74. The molecule has 4 aromatic rings. The van der Waals surface area contributed by atoms with Crippen molar-refractivity contribution in [3.63, 3.8) is 0 Å². The molecule has 2 unspecified atom stereocenters. The Hall–Kier alpha value is -2.73. The average Bonchev–Trinajstić information content (AvgIpc) is 2.88. The molecule has 2 nitrogen and oxygen atoms in total. The van der Waals surface area contributed by atoms with Crippen LogP contribution in [-0.2, 0) is 9.84 Å². The Morgan fingerprint density at radius 3 is 1.19 bits per heavy atom. The molecule has 0 aliphatic heterocycles. The SMILES string of the molecule is Cc1ccc(C(/C=C/c2ccc(Br)cc2)S(=O)(=O)C(/C=C/c2ccc(Br)cc2)c2ccc(C)cc2)cc1. The molecule has 0 saturated heterocycles. The zero-order valence-corrected chi connectivity index (χ0v) is 24.7. The van der Waals surface area contributed by atoms with Crippen molar-refractivity contribution in [1.29, 1.82) is 0 Å². The first-order valence-corrected chi connectivity index (χ1v) is 15.2. The fraction of sp³-hybridized carbons (Fsp3) is 0.125. The molecule has 5 heteroatoms. The second kappa shape index (κ2) is 12.2. The molecule has 0 fully saturated rings. The van der Waals surface area contributed by atoms with E-state index >= 15 is 0 Å². The zero-order valence-electron chi connectivity index (χ0n) is 20.7. The first kappa shape index (κ1) is 27.3. The second-order valence-electron chi connectivity index (χ2n) is 9.07. The zero-order chi connectivity index (χ0) is 26.4. The van der Waals surface area contributed by atoms with Crippen molar-refractivity contribution < 1.29 is 8.42 Å². The van der Waals surface area contributed by atoms with Crippen molar-refractivity contribution in [2.45, 2.75) is 24.3 Å². The highest BCUT2D eigenvalue weighted by molar-refractivity contribution is 9.10. The molecule has 0 saturated carbocycles. The van der Waals surface area contributed by atoms with Gasteiger partial charge in [0.15, 0.2) is 9.84 Å². The number of halogens is 2. The predicted octanol–water partition coefficient (Wildman–Crippen LogP) is 9.45. The van der Waals surface area contributed by atoms with E-state index in [1.54, 1.807) is 12.2 Å². The maximum Gasteiger partial charge on any atom is 0.171 e.